The van der Waals surface area contributed by atoms with Crippen LogP contribution >= 0.6 is 0 Å². The maximum atomic E-state index is 12.8. The Morgan fingerprint density at radius 3 is 2.62 bits per heavy atom. The molecule has 0 radical (unpaired) electrons. The van der Waals surface area contributed by atoms with Crippen LogP contribution in [0.2, 0.25) is 0 Å². The zero-order valence-electron chi connectivity index (χ0n) is 9.42. The predicted molar refractivity (Wildman–Crippen MR) is 46.0 cm³/mol. The molecular weight excluding hydrogens is 219 g/mol. The van der Waals surface area contributed by atoms with Crippen LogP contribution in [0.4, 0.5) is 17.6 Å². The summed E-state index contributed by atoms with van der Waals surface area (Å²) in [6.07, 6.45) is -3.34. The van der Waals surface area contributed by atoms with Gasteiger partial charge in [0.15, 0.2) is 0 Å². The van der Waals surface area contributed by atoms with Crippen LogP contribution in [0, 0.1) is 5.82 Å². The van der Waals surface area contributed by atoms with Crippen LogP contribution < -0.4 is 18.9 Å². The summed E-state index contributed by atoms with van der Waals surface area (Å²) in [6, 6.07) is 2.48. The minimum Gasteiger partial charge on any atom is -1.00 e. The van der Waals surface area contributed by atoms with Gasteiger partial charge in [0.05, 0.1) is 12.1 Å². The summed E-state index contributed by atoms with van der Waals surface area (Å²) in [5.41, 5.74) is 0.229. The fourth-order valence-electron chi connectivity index (χ4n) is 1.34. The van der Waals surface area contributed by atoms with Crippen molar-refractivity contribution in [3.63, 3.8) is 0 Å². The van der Waals surface area contributed by atoms with E-state index in [4.69, 9.17) is 0 Å². The van der Waals surface area contributed by atoms with E-state index in [9.17, 15) is 17.6 Å². The van der Waals surface area contributed by atoms with Crippen LogP contribution in [-0.4, -0.2) is 15.6 Å². The average molecular weight is 226 g/mol. The number of nitrogens with zero attached hydrogens (tertiary/aromatic N) is 2. The van der Waals surface area contributed by atoms with Crippen molar-refractivity contribution in [3.8, 4) is 0 Å². The van der Waals surface area contributed by atoms with Crippen molar-refractivity contribution in [2.75, 3.05) is 0 Å². The molecule has 0 N–H and O–H groups in total. The Morgan fingerprint density at radius 2 is 2.00 bits per heavy atom. The fraction of sp³-hybridized carbons (Fsp3) is 0.222. The first-order valence-electron chi connectivity index (χ1n) is 4.14. The number of pyridine rings is 1. The molecule has 0 aliphatic carbocycles. The summed E-state index contributed by atoms with van der Waals surface area (Å²) in [6.45, 7) is 0. The van der Waals surface area contributed by atoms with Crippen molar-refractivity contribution in [1.82, 2.24) is 9.38 Å². The molecule has 0 fully saturated rings. The third-order valence-electron chi connectivity index (χ3n) is 1.93. The minimum atomic E-state index is -4.32. The van der Waals surface area contributed by atoms with Gasteiger partial charge < -0.3 is 5.83 Å². The van der Waals surface area contributed by atoms with E-state index >= 15 is 0 Å². The molecule has 0 aromatic carbocycles. The molecule has 2 aromatic rings. The van der Waals surface area contributed by atoms with E-state index < -0.39 is 18.4 Å². The summed E-state index contributed by atoms with van der Waals surface area (Å²) < 4.78 is 50.2. The van der Waals surface area contributed by atoms with Gasteiger partial charge in [-0.15, -0.1) is 0 Å². The van der Waals surface area contributed by atoms with Crippen molar-refractivity contribution >= 4 is 5.65 Å². The summed E-state index contributed by atoms with van der Waals surface area (Å²) in [7, 11) is 0. The molecule has 0 saturated heterocycles. The molecule has 0 spiro atoms. The molecule has 16 heavy (non-hydrogen) atoms. The Kier molecular flexibility index (Phi) is 3.66. The predicted octanol–water partition coefficient (Wildman–Crippen LogP) is -0.305. The third kappa shape index (κ3) is 2.77. The zero-order chi connectivity index (χ0) is 11.1. The van der Waals surface area contributed by atoms with Crippen LogP contribution in [0.15, 0.2) is 24.5 Å². The van der Waals surface area contributed by atoms with Gasteiger partial charge >= 0.3 is 25.0 Å². The van der Waals surface area contributed by atoms with Gasteiger partial charge in [0.1, 0.15) is 11.5 Å². The Morgan fingerprint density at radius 1 is 1.31 bits per heavy atom. The van der Waals surface area contributed by atoms with Crippen molar-refractivity contribution in [3.05, 3.63) is 36.0 Å². The molecule has 2 rings (SSSR count). The van der Waals surface area contributed by atoms with Gasteiger partial charge in [0.25, 0.3) is 0 Å². The number of fused-ring (bicyclic) bond motifs is 1. The van der Waals surface area contributed by atoms with Crippen LogP contribution in [-0.2, 0) is 6.42 Å². The van der Waals surface area contributed by atoms with E-state index in [1.54, 1.807) is 0 Å². The molecule has 82 valence electrons. The summed E-state index contributed by atoms with van der Waals surface area (Å²) in [4.78, 5) is 3.74. The minimum absolute atomic E-state index is 0. The number of halogens is 4. The van der Waals surface area contributed by atoms with Crippen molar-refractivity contribution in [2.45, 2.75) is 12.6 Å². The number of imidazole rings is 1. The number of rotatable bonds is 1. The molecule has 7 heteroatoms. The smallest absolute Gasteiger partial charge is 1.00 e. The summed E-state index contributed by atoms with van der Waals surface area (Å²) in [5, 5.41) is 0. The molecule has 2 heterocycles. The average Bonchev–Trinajstić information content (AvgIpc) is 2.46. The van der Waals surface area contributed by atoms with E-state index in [0.29, 0.717) is 5.65 Å². The van der Waals surface area contributed by atoms with Gasteiger partial charge in [-0.25, -0.2) is 9.37 Å². The van der Waals surface area contributed by atoms with Crippen molar-refractivity contribution < 1.29 is 37.8 Å². The first-order chi connectivity index (χ1) is 6.96. The second-order valence-electron chi connectivity index (χ2n) is 3.12. The standard InChI is InChI=1S/C9H6F4N2.Li.H/c10-6-1-2-8-14-4-7(15(8)5-6)3-9(11,12)13;;/h1-2,4-5H,3H2;;/q;+1;-1. The quantitative estimate of drug-likeness (QED) is 0.482. The molecule has 0 unspecified atom stereocenters. The fourth-order valence-corrected chi connectivity index (χ4v) is 1.34. The first kappa shape index (κ1) is 13.1. The van der Waals surface area contributed by atoms with E-state index in [2.05, 4.69) is 4.98 Å². The van der Waals surface area contributed by atoms with Gasteiger partial charge in [-0.2, -0.15) is 13.2 Å². The third-order valence-corrected chi connectivity index (χ3v) is 1.93. The van der Waals surface area contributed by atoms with E-state index in [1.807, 2.05) is 0 Å². The molecule has 0 aliphatic heterocycles. The Balaban J connectivity index is 0.00000128. The van der Waals surface area contributed by atoms with Crippen molar-refractivity contribution in [2.24, 2.45) is 0 Å². The van der Waals surface area contributed by atoms with Gasteiger partial charge in [0.2, 0.25) is 0 Å². The topological polar surface area (TPSA) is 17.3 Å². The van der Waals surface area contributed by atoms with Gasteiger partial charge in [-0.3, -0.25) is 0 Å². The maximum absolute atomic E-state index is 12.8. The van der Waals surface area contributed by atoms with Gasteiger partial charge in [-0.05, 0) is 12.1 Å². The number of aromatic nitrogens is 2. The van der Waals surface area contributed by atoms with Crippen molar-refractivity contribution in [1.29, 1.82) is 0 Å². The largest absolute Gasteiger partial charge is 1.00 e. The Labute approximate surface area is 102 Å². The van der Waals surface area contributed by atoms with Crippen LogP contribution in [0.5, 0.6) is 0 Å². The molecule has 0 saturated carbocycles. The van der Waals surface area contributed by atoms with Crippen LogP contribution in [0.25, 0.3) is 5.65 Å². The maximum Gasteiger partial charge on any atom is 1.00 e. The molecule has 2 nitrogen and oxygen atoms in total. The summed E-state index contributed by atoms with van der Waals surface area (Å²) in [5.74, 6) is -0.594. The summed E-state index contributed by atoms with van der Waals surface area (Å²) >= 11 is 0. The Bertz CT molecular complexity index is 497. The second kappa shape index (κ2) is 4.48. The normalized spacial score (nSPS) is 11.5. The monoisotopic (exact) mass is 226 g/mol. The second-order valence-corrected chi connectivity index (χ2v) is 3.12. The van der Waals surface area contributed by atoms with Gasteiger partial charge in [0, 0.05) is 12.4 Å². The number of hydrogen-bond acceptors (Lipinski definition) is 1. The molecular formula is C9H7F4LiN2. The Hall–Kier alpha value is -0.993. The van der Waals surface area contributed by atoms with E-state index in [0.717, 1.165) is 22.9 Å². The molecule has 0 aliphatic rings. The zero-order valence-corrected chi connectivity index (χ0v) is 8.42. The SMILES string of the molecule is Fc1ccc2ncc(CC(F)(F)F)n2c1.[H-].[Li+]. The molecule has 0 amide bonds. The van der Waals surface area contributed by atoms with E-state index in [-0.39, 0.29) is 26.0 Å². The van der Waals surface area contributed by atoms with Crippen LogP contribution in [0.1, 0.15) is 7.12 Å². The number of alkyl halides is 3. The first-order valence-corrected chi connectivity index (χ1v) is 4.14. The molecule has 0 atom stereocenters. The van der Waals surface area contributed by atoms with Crippen LogP contribution in [0.3, 0.4) is 0 Å². The number of hydrogen-bond donors (Lipinski definition) is 0. The van der Waals surface area contributed by atoms with Gasteiger partial charge in [-0.1, -0.05) is 0 Å². The molecule has 0 bridgehead atoms. The molecule has 2 aromatic heterocycles. The van der Waals surface area contributed by atoms with E-state index in [1.165, 1.54) is 6.07 Å².